The summed E-state index contributed by atoms with van der Waals surface area (Å²) in [7, 11) is 0. The van der Waals surface area contributed by atoms with E-state index in [-0.39, 0.29) is 23.1 Å². The number of amides is 3. The van der Waals surface area contributed by atoms with E-state index < -0.39 is 11.8 Å². The molecule has 2 N–H and O–H groups in total. The lowest BCUT2D eigenvalue weighted by molar-refractivity contribution is -0.120. The van der Waals surface area contributed by atoms with Crippen LogP contribution < -0.4 is 15.5 Å². The molecule has 1 heterocycles. The van der Waals surface area contributed by atoms with Crippen LogP contribution >= 0.6 is 23.2 Å². The highest BCUT2D eigenvalue weighted by Gasteiger charge is 2.39. The quantitative estimate of drug-likeness (QED) is 0.439. The van der Waals surface area contributed by atoms with Gasteiger partial charge in [-0.1, -0.05) is 59.1 Å². The van der Waals surface area contributed by atoms with Crippen molar-refractivity contribution in [1.82, 2.24) is 0 Å². The van der Waals surface area contributed by atoms with Crippen LogP contribution in [0.25, 0.3) is 0 Å². The molecule has 6 nitrogen and oxygen atoms in total. The zero-order valence-electron chi connectivity index (χ0n) is 18.5. The van der Waals surface area contributed by atoms with Crippen molar-refractivity contribution in [3.8, 4) is 0 Å². The predicted octanol–water partition coefficient (Wildman–Crippen LogP) is 5.57. The topological polar surface area (TPSA) is 78.5 Å². The van der Waals surface area contributed by atoms with E-state index in [9.17, 15) is 14.4 Å². The van der Waals surface area contributed by atoms with Crippen LogP contribution in [0.3, 0.4) is 0 Å². The van der Waals surface area contributed by atoms with Crippen molar-refractivity contribution < 1.29 is 14.4 Å². The molecule has 8 heteroatoms. The molecular formula is C26H21Cl2N3O3. The summed E-state index contributed by atoms with van der Waals surface area (Å²) < 4.78 is 0. The first-order valence-electron chi connectivity index (χ1n) is 10.5. The minimum absolute atomic E-state index is 0.0202. The molecule has 4 rings (SSSR count). The van der Waals surface area contributed by atoms with Crippen molar-refractivity contribution in [2.24, 2.45) is 0 Å². The molecule has 1 aliphatic heterocycles. The molecule has 0 unspecified atom stereocenters. The van der Waals surface area contributed by atoms with Gasteiger partial charge in [0.05, 0.1) is 12.1 Å². The van der Waals surface area contributed by atoms with E-state index in [0.717, 1.165) is 27.3 Å². The van der Waals surface area contributed by atoms with E-state index in [2.05, 4.69) is 10.6 Å². The summed E-state index contributed by atoms with van der Waals surface area (Å²) in [6.07, 6.45) is 0.191. The van der Waals surface area contributed by atoms with E-state index in [0.29, 0.717) is 16.4 Å². The first-order chi connectivity index (χ1) is 16.2. The monoisotopic (exact) mass is 493 g/mol. The fourth-order valence-electron chi connectivity index (χ4n) is 3.44. The highest BCUT2D eigenvalue weighted by Crippen LogP contribution is 2.32. The molecule has 0 aromatic heterocycles. The lowest BCUT2D eigenvalue weighted by Crippen LogP contribution is -2.32. The molecule has 0 spiro atoms. The van der Waals surface area contributed by atoms with Crippen LogP contribution in [0.15, 0.2) is 77.5 Å². The number of carbonyl (C=O) groups excluding carboxylic acids is 3. The summed E-state index contributed by atoms with van der Waals surface area (Å²) >= 11 is 12.3. The normalized spacial score (nSPS) is 13.5. The number of hydrogen-bond acceptors (Lipinski definition) is 4. The van der Waals surface area contributed by atoms with E-state index in [1.54, 1.807) is 42.5 Å². The van der Waals surface area contributed by atoms with Gasteiger partial charge in [0, 0.05) is 16.4 Å². The second-order valence-electron chi connectivity index (χ2n) is 7.98. The van der Waals surface area contributed by atoms with Gasteiger partial charge in [-0.2, -0.15) is 0 Å². The zero-order chi connectivity index (χ0) is 24.4. The van der Waals surface area contributed by atoms with Crippen molar-refractivity contribution in [1.29, 1.82) is 0 Å². The summed E-state index contributed by atoms with van der Waals surface area (Å²) in [5, 5.41) is 6.02. The maximum absolute atomic E-state index is 12.9. The first-order valence-corrected chi connectivity index (χ1v) is 11.3. The number of hydrogen-bond donors (Lipinski definition) is 2. The van der Waals surface area contributed by atoms with Crippen molar-refractivity contribution in [3.05, 3.63) is 99.2 Å². The Kier molecular flexibility index (Phi) is 6.72. The minimum Gasteiger partial charge on any atom is -0.350 e. The highest BCUT2D eigenvalue weighted by atomic mass is 35.5. The maximum Gasteiger partial charge on any atom is 0.283 e. The van der Waals surface area contributed by atoms with Gasteiger partial charge in [0.2, 0.25) is 5.91 Å². The molecule has 1 aliphatic rings. The second kappa shape index (κ2) is 9.71. The molecule has 0 aliphatic carbocycles. The van der Waals surface area contributed by atoms with E-state index >= 15 is 0 Å². The molecule has 3 amide bonds. The number of nitrogens with one attached hydrogen (secondary N) is 2. The number of aryl methyl sites for hydroxylation is 2. The maximum atomic E-state index is 12.9. The molecule has 0 radical (unpaired) electrons. The van der Waals surface area contributed by atoms with Gasteiger partial charge in [0.25, 0.3) is 11.8 Å². The third kappa shape index (κ3) is 4.98. The summed E-state index contributed by atoms with van der Waals surface area (Å²) in [5.74, 6) is -1.34. The van der Waals surface area contributed by atoms with Crippen molar-refractivity contribution in [3.63, 3.8) is 0 Å². The average Bonchev–Trinajstić information content (AvgIpc) is 3.01. The van der Waals surface area contributed by atoms with E-state index in [1.807, 2.05) is 38.1 Å². The number of imide groups is 1. The van der Waals surface area contributed by atoms with Crippen molar-refractivity contribution in [2.45, 2.75) is 20.3 Å². The summed E-state index contributed by atoms with van der Waals surface area (Å²) in [4.78, 5) is 38.9. The SMILES string of the molecule is Cc1ccc(NC(=O)Cc2ccc(NC3=C(Cl)C(=O)N(c4ccc(C)c(Cl)c4)C3=O)cc2)cc1. The van der Waals surface area contributed by atoms with Crippen LogP contribution in [0.4, 0.5) is 17.1 Å². The molecule has 0 fully saturated rings. The largest absolute Gasteiger partial charge is 0.350 e. The lowest BCUT2D eigenvalue weighted by atomic mass is 10.1. The summed E-state index contributed by atoms with van der Waals surface area (Å²) in [6, 6.07) is 19.5. The van der Waals surface area contributed by atoms with Crippen molar-refractivity contribution in [2.75, 3.05) is 15.5 Å². The first kappa shape index (κ1) is 23.5. The highest BCUT2D eigenvalue weighted by molar-refractivity contribution is 6.53. The van der Waals surface area contributed by atoms with Gasteiger partial charge in [0.15, 0.2) is 0 Å². The molecule has 3 aromatic carbocycles. The van der Waals surface area contributed by atoms with Gasteiger partial charge in [0.1, 0.15) is 10.7 Å². The molecule has 3 aromatic rings. The number of rotatable bonds is 6. The van der Waals surface area contributed by atoms with Gasteiger partial charge >= 0.3 is 0 Å². The molecule has 0 bridgehead atoms. The fourth-order valence-corrected chi connectivity index (χ4v) is 3.83. The average molecular weight is 494 g/mol. The fraction of sp³-hybridized carbons (Fsp3) is 0.115. The molecule has 0 atom stereocenters. The molecule has 34 heavy (non-hydrogen) atoms. The Hall–Kier alpha value is -3.61. The Bertz CT molecular complexity index is 1320. The Morgan fingerprint density at radius 2 is 1.50 bits per heavy atom. The molecule has 0 saturated carbocycles. The van der Waals surface area contributed by atoms with E-state index in [1.165, 1.54) is 0 Å². The standard InChI is InChI=1S/C26H21Cl2N3O3/c1-15-3-8-18(9-4-15)29-22(32)13-17-6-10-19(11-7-17)30-24-23(28)25(33)31(26(24)34)20-12-5-16(2)21(27)14-20/h3-12,14,30H,13H2,1-2H3,(H,29,32). The van der Waals surface area contributed by atoms with Crippen LogP contribution in [-0.2, 0) is 20.8 Å². The summed E-state index contributed by atoms with van der Waals surface area (Å²) in [5.41, 5.74) is 4.35. The van der Waals surface area contributed by atoms with Crippen LogP contribution in [0, 0.1) is 13.8 Å². The van der Waals surface area contributed by atoms with Crippen LogP contribution in [0.5, 0.6) is 0 Å². The van der Waals surface area contributed by atoms with Gasteiger partial charge in [-0.15, -0.1) is 0 Å². The Morgan fingerprint density at radius 3 is 2.15 bits per heavy atom. The van der Waals surface area contributed by atoms with Crippen LogP contribution in [0.2, 0.25) is 5.02 Å². The second-order valence-corrected chi connectivity index (χ2v) is 8.77. The Morgan fingerprint density at radius 1 is 0.853 bits per heavy atom. The number of carbonyl (C=O) groups is 3. The predicted molar refractivity (Wildman–Crippen MR) is 135 cm³/mol. The lowest BCUT2D eigenvalue weighted by Gasteiger charge is -2.16. The Balaban J connectivity index is 1.42. The smallest absolute Gasteiger partial charge is 0.283 e. The van der Waals surface area contributed by atoms with Gasteiger partial charge in [-0.25, -0.2) is 4.90 Å². The molecular weight excluding hydrogens is 473 g/mol. The Labute approximate surface area is 207 Å². The summed E-state index contributed by atoms with van der Waals surface area (Å²) in [6.45, 7) is 3.81. The third-order valence-corrected chi connectivity index (χ3v) is 6.12. The van der Waals surface area contributed by atoms with Gasteiger partial charge in [-0.3, -0.25) is 14.4 Å². The number of halogens is 2. The minimum atomic E-state index is -0.626. The van der Waals surface area contributed by atoms with Crippen LogP contribution in [-0.4, -0.2) is 17.7 Å². The van der Waals surface area contributed by atoms with E-state index in [4.69, 9.17) is 23.2 Å². The van der Waals surface area contributed by atoms with Crippen LogP contribution in [0.1, 0.15) is 16.7 Å². The molecule has 172 valence electrons. The third-order valence-electron chi connectivity index (χ3n) is 5.36. The number of nitrogens with zero attached hydrogens (tertiary/aromatic N) is 1. The van der Waals surface area contributed by atoms with Crippen molar-refractivity contribution >= 4 is 58.0 Å². The van der Waals surface area contributed by atoms with Gasteiger partial charge in [-0.05, 0) is 61.4 Å². The molecule has 0 saturated heterocycles. The number of benzene rings is 3. The number of anilines is 3. The zero-order valence-corrected chi connectivity index (χ0v) is 20.0. The van der Waals surface area contributed by atoms with Gasteiger partial charge < -0.3 is 10.6 Å².